The van der Waals surface area contributed by atoms with E-state index in [4.69, 9.17) is 4.74 Å². The highest BCUT2D eigenvalue weighted by Gasteiger charge is 2.32. The number of ether oxygens (including phenoxy) is 1. The molecule has 4 nitrogen and oxygen atoms in total. The number of hydrogen-bond acceptors (Lipinski definition) is 2. The number of aryl methyl sites for hydroxylation is 1. The van der Waals surface area contributed by atoms with Crippen LogP contribution >= 0.6 is 0 Å². The standard InChI is InChI=1S/C20H26N2O2/c1-5-21-14(2)12-18(15(21)3)20(23)22-11-7-10-19(22)16-8-6-9-17(13-16)24-4/h6,8-9,12-13,19H,5,7,10-11H2,1-4H3/t19-/m0/s1. The highest BCUT2D eigenvalue weighted by molar-refractivity contribution is 5.96. The number of aromatic nitrogens is 1. The maximum atomic E-state index is 13.2. The first-order valence-corrected chi connectivity index (χ1v) is 8.68. The molecule has 1 atom stereocenters. The highest BCUT2D eigenvalue weighted by atomic mass is 16.5. The highest BCUT2D eigenvalue weighted by Crippen LogP contribution is 2.35. The Kier molecular flexibility index (Phi) is 4.65. The first kappa shape index (κ1) is 16.6. The molecule has 0 aliphatic carbocycles. The third-order valence-electron chi connectivity index (χ3n) is 5.11. The summed E-state index contributed by atoms with van der Waals surface area (Å²) in [4.78, 5) is 15.2. The number of methoxy groups -OCH3 is 1. The molecule has 0 bridgehead atoms. The number of benzene rings is 1. The zero-order valence-corrected chi connectivity index (χ0v) is 15.0. The molecule has 1 aromatic carbocycles. The number of likely N-dealkylation sites (tertiary alicyclic amines) is 1. The summed E-state index contributed by atoms with van der Waals surface area (Å²) in [5.74, 6) is 0.990. The van der Waals surface area contributed by atoms with Crippen molar-refractivity contribution >= 4 is 5.91 Å². The summed E-state index contributed by atoms with van der Waals surface area (Å²) in [6, 6.07) is 10.2. The Bertz CT molecular complexity index is 748. The van der Waals surface area contributed by atoms with Crippen LogP contribution in [0.3, 0.4) is 0 Å². The molecule has 3 rings (SSSR count). The molecule has 2 aromatic rings. The van der Waals surface area contributed by atoms with Crippen molar-refractivity contribution in [3.63, 3.8) is 0 Å². The maximum Gasteiger partial charge on any atom is 0.256 e. The Morgan fingerprint density at radius 1 is 1.29 bits per heavy atom. The van der Waals surface area contributed by atoms with E-state index in [9.17, 15) is 4.79 Å². The van der Waals surface area contributed by atoms with Crippen LogP contribution in [0, 0.1) is 13.8 Å². The largest absolute Gasteiger partial charge is 0.497 e. The zero-order chi connectivity index (χ0) is 17.3. The Morgan fingerprint density at radius 3 is 2.75 bits per heavy atom. The summed E-state index contributed by atoms with van der Waals surface area (Å²) in [5.41, 5.74) is 4.21. The molecule has 24 heavy (non-hydrogen) atoms. The lowest BCUT2D eigenvalue weighted by Crippen LogP contribution is -2.30. The molecule has 0 N–H and O–H groups in total. The van der Waals surface area contributed by atoms with Crippen molar-refractivity contribution in [2.75, 3.05) is 13.7 Å². The van der Waals surface area contributed by atoms with Gasteiger partial charge in [0.1, 0.15) is 5.75 Å². The number of rotatable bonds is 4. The smallest absolute Gasteiger partial charge is 0.256 e. The van der Waals surface area contributed by atoms with Crippen LogP contribution in [-0.4, -0.2) is 29.0 Å². The van der Waals surface area contributed by atoms with Gasteiger partial charge in [-0.05, 0) is 57.4 Å². The second-order valence-corrected chi connectivity index (χ2v) is 6.46. The second kappa shape index (κ2) is 6.71. The van der Waals surface area contributed by atoms with E-state index >= 15 is 0 Å². The maximum absolute atomic E-state index is 13.2. The van der Waals surface area contributed by atoms with Crippen LogP contribution in [0.5, 0.6) is 5.75 Å². The van der Waals surface area contributed by atoms with E-state index in [2.05, 4.69) is 24.5 Å². The minimum absolute atomic E-state index is 0.136. The van der Waals surface area contributed by atoms with Gasteiger partial charge < -0.3 is 14.2 Å². The minimum Gasteiger partial charge on any atom is -0.497 e. The normalized spacial score (nSPS) is 17.3. The molecule has 1 aromatic heterocycles. The Hall–Kier alpha value is -2.23. The van der Waals surface area contributed by atoms with Crippen LogP contribution in [-0.2, 0) is 6.54 Å². The monoisotopic (exact) mass is 326 g/mol. The molecular weight excluding hydrogens is 300 g/mol. The summed E-state index contributed by atoms with van der Waals surface area (Å²) in [7, 11) is 1.68. The lowest BCUT2D eigenvalue weighted by Gasteiger charge is -2.25. The Labute approximate surface area is 144 Å². The van der Waals surface area contributed by atoms with Crippen LogP contribution < -0.4 is 4.74 Å². The van der Waals surface area contributed by atoms with E-state index in [1.165, 1.54) is 0 Å². The van der Waals surface area contributed by atoms with Crippen molar-refractivity contribution < 1.29 is 9.53 Å². The minimum atomic E-state index is 0.136. The lowest BCUT2D eigenvalue weighted by molar-refractivity contribution is 0.0734. The summed E-state index contributed by atoms with van der Waals surface area (Å²) < 4.78 is 7.54. The first-order valence-electron chi connectivity index (χ1n) is 8.68. The number of carbonyl (C=O) groups excluding carboxylic acids is 1. The van der Waals surface area contributed by atoms with E-state index in [1.807, 2.05) is 36.1 Å². The Balaban J connectivity index is 1.91. The molecule has 1 amide bonds. The molecule has 2 heterocycles. The van der Waals surface area contributed by atoms with E-state index in [0.717, 1.165) is 54.2 Å². The SMILES string of the molecule is CCn1c(C)cc(C(=O)N2CCC[C@H]2c2cccc(OC)c2)c1C. The van der Waals surface area contributed by atoms with Gasteiger partial charge in [0.2, 0.25) is 0 Å². The van der Waals surface area contributed by atoms with Gasteiger partial charge in [-0.25, -0.2) is 0 Å². The lowest BCUT2D eigenvalue weighted by atomic mass is 10.0. The summed E-state index contributed by atoms with van der Waals surface area (Å²) in [6.07, 6.45) is 2.05. The predicted molar refractivity (Wildman–Crippen MR) is 95.6 cm³/mol. The first-order chi connectivity index (χ1) is 11.6. The molecule has 128 valence electrons. The summed E-state index contributed by atoms with van der Waals surface area (Å²) >= 11 is 0. The van der Waals surface area contributed by atoms with Crippen molar-refractivity contribution in [1.29, 1.82) is 0 Å². The Morgan fingerprint density at radius 2 is 2.08 bits per heavy atom. The van der Waals surface area contributed by atoms with Gasteiger partial charge in [-0.2, -0.15) is 0 Å². The van der Waals surface area contributed by atoms with Crippen LogP contribution in [0.4, 0.5) is 0 Å². The third-order valence-corrected chi connectivity index (χ3v) is 5.11. The topological polar surface area (TPSA) is 34.5 Å². The van der Waals surface area contributed by atoms with Gasteiger partial charge in [0.25, 0.3) is 5.91 Å². The average Bonchev–Trinajstić information content (AvgIpc) is 3.19. The number of hydrogen-bond donors (Lipinski definition) is 0. The zero-order valence-electron chi connectivity index (χ0n) is 15.0. The summed E-state index contributed by atoms with van der Waals surface area (Å²) in [5, 5.41) is 0. The van der Waals surface area contributed by atoms with Crippen molar-refractivity contribution in [1.82, 2.24) is 9.47 Å². The van der Waals surface area contributed by atoms with Gasteiger partial charge in [0, 0.05) is 24.5 Å². The van der Waals surface area contributed by atoms with Crippen molar-refractivity contribution in [2.24, 2.45) is 0 Å². The summed E-state index contributed by atoms with van der Waals surface area (Å²) in [6.45, 7) is 7.93. The number of amides is 1. The molecule has 0 spiro atoms. The third kappa shape index (κ3) is 2.81. The van der Waals surface area contributed by atoms with Gasteiger partial charge in [0.15, 0.2) is 0 Å². The fourth-order valence-electron chi connectivity index (χ4n) is 3.86. The molecular formula is C20H26N2O2. The van der Waals surface area contributed by atoms with Gasteiger partial charge in [-0.15, -0.1) is 0 Å². The van der Waals surface area contributed by atoms with Crippen molar-refractivity contribution in [2.45, 2.75) is 46.2 Å². The molecule has 1 saturated heterocycles. The van der Waals surface area contributed by atoms with Gasteiger partial charge in [-0.1, -0.05) is 12.1 Å². The molecule has 1 aliphatic heterocycles. The number of nitrogens with zero attached hydrogens (tertiary/aromatic N) is 2. The molecule has 1 aliphatic rings. The van der Waals surface area contributed by atoms with Crippen LogP contribution in [0.25, 0.3) is 0 Å². The molecule has 1 fully saturated rings. The second-order valence-electron chi connectivity index (χ2n) is 6.46. The van der Waals surface area contributed by atoms with Crippen molar-refractivity contribution in [3.8, 4) is 5.75 Å². The van der Waals surface area contributed by atoms with Crippen LogP contribution in [0.1, 0.15) is 53.1 Å². The molecule has 4 heteroatoms. The quantitative estimate of drug-likeness (QED) is 0.847. The van der Waals surface area contributed by atoms with E-state index < -0.39 is 0 Å². The molecule has 0 saturated carbocycles. The van der Waals surface area contributed by atoms with Gasteiger partial charge in [0.05, 0.1) is 18.7 Å². The molecule has 0 radical (unpaired) electrons. The van der Waals surface area contributed by atoms with E-state index in [0.29, 0.717) is 0 Å². The molecule has 0 unspecified atom stereocenters. The predicted octanol–water partition coefficient (Wildman–Crippen LogP) is 4.11. The number of carbonyl (C=O) groups is 1. The fraction of sp³-hybridized carbons (Fsp3) is 0.450. The van der Waals surface area contributed by atoms with E-state index in [-0.39, 0.29) is 11.9 Å². The van der Waals surface area contributed by atoms with Gasteiger partial charge in [-0.3, -0.25) is 4.79 Å². The average molecular weight is 326 g/mol. The van der Waals surface area contributed by atoms with Crippen molar-refractivity contribution in [3.05, 3.63) is 52.8 Å². The fourth-order valence-corrected chi connectivity index (χ4v) is 3.86. The van der Waals surface area contributed by atoms with Crippen LogP contribution in [0.2, 0.25) is 0 Å². The van der Waals surface area contributed by atoms with Crippen LogP contribution in [0.15, 0.2) is 30.3 Å². The van der Waals surface area contributed by atoms with E-state index in [1.54, 1.807) is 7.11 Å². The van der Waals surface area contributed by atoms with Gasteiger partial charge >= 0.3 is 0 Å².